The fourth-order valence-electron chi connectivity index (χ4n) is 1.41. The Balaban J connectivity index is 2.10. The number of nitrogens with one attached hydrogen (secondary N) is 2. The molecule has 1 atom stereocenters. The van der Waals surface area contributed by atoms with E-state index in [1.165, 1.54) is 0 Å². The van der Waals surface area contributed by atoms with E-state index in [2.05, 4.69) is 15.4 Å². The Bertz CT molecular complexity index is 298. The summed E-state index contributed by atoms with van der Waals surface area (Å²) in [5.41, 5.74) is 0. The third-order valence-corrected chi connectivity index (χ3v) is 2.42. The van der Waals surface area contributed by atoms with Crippen molar-refractivity contribution in [1.29, 1.82) is 0 Å². The van der Waals surface area contributed by atoms with Crippen molar-refractivity contribution in [1.82, 2.24) is 10.6 Å². The molecule has 1 rings (SSSR count). The highest BCUT2D eigenvalue weighted by atomic mass is 19.3. The summed E-state index contributed by atoms with van der Waals surface area (Å²) in [4.78, 5) is 22.1. The van der Waals surface area contributed by atoms with Crippen LogP contribution in [0.4, 0.5) is 13.6 Å². The van der Waals surface area contributed by atoms with Crippen LogP contribution in [0.2, 0.25) is 0 Å². The van der Waals surface area contributed by atoms with E-state index in [1.807, 2.05) is 0 Å². The number of carboxylic acids is 1. The third-order valence-electron chi connectivity index (χ3n) is 2.42. The zero-order valence-electron chi connectivity index (χ0n) is 9.70. The van der Waals surface area contributed by atoms with Gasteiger partial charge in [-0.3, -0.25) is 0 Å². The van der Waals surface area contributed by atoms with Gasteiger partial charge in [-0.15, -0.1) is 0 Å². The van der Waals surface area contributed by atoms with Gasteiger partial charge in [0.25, 0.3) is 6.43 Å². The molecule has 0 aromatic carbocycles. The molecule has 2 amide bonds. The van der Waals surface area contributed by atoms with Crippen molar-refractivity contribution in [2.45, 2.75) is 25.3 Å². The number of aliphatic carboxylic acids is 1. The van der Waals surface area contributed by atoms with Gasteiger partial charge in [0.1, 0.15) is 12.6 Å². The normalized spacial score (nSPS) is 16.4. The fourth-order valence-corrected chi connectivity index (χ4v) is 1.41. The number of hydrogen-bond donors (Lipinski definition) is 3. The monoisotopic (exact) mass is 266 g/mol. The van der Waals surface area contributed by atoms with Crippen molar-refractivity contribution < 1.29 is 28.2 Å². The summed E-state index contributed by atoms with van der Waals surface area (Å²) in [5, 5.41) is 13.5. The van der Waals surface area contributed by atoms with Crippen LogP contribution < -0.4 is 10.6 Å². The van der Waals surface area contributed by atoms with Gasteiger partial charge < -0.3 is 20.5 Å². The second-order valence-electron chi connectivity index (χ2n) is 4.02. The Labute approximate surface area is 103 Å². The highest BCUT2D eigenvalue weighted by molar-refractivity contribution is 5.83. The molecule has 0 saturated heterocycles. The average Bonchev–Trinajstić information content (AvgIpc) is 3.08. The van der Waals surface area contributed by atoms with E-state index in [9.17, 15) is 18.4 Å². The molecule has 0 aromatic rings. The van der Waals surface area contributed by atoms with Crippen LogP contribution in [0.3, 0.4) is 0 Å². The van der Waals surface area contributed by atoms with Crippen molar-refractivity contribution >= 4 is 12.0 Å². The molecule has 0 aromatic heterocycles. The smallest absolute Gasteiger partial charge is 0.326 e. The standard InChI is InChI=1S/C10H16F2N2O4/c11-7(12)5-18-4-3-13-10(17)14-8(9(15)16)6-1-2-6/h6-8H,1-5H2,(H,15,16)(H2,13,14,17). The minimum atomic E-state index is -2.54. The maximum absolute atomic E-state index is 11.7. The first kappa shape index (κ1) is 14.6. The van der Waals surface area contributed by atoms with Gasteiger partial charge in [0.15, 0.2) is 0 Å². The molecule has 0 bridgehead atoms. The van der Waals surface area contributed by atoms with Crippen LogP contribution in [0.25, 0.3) is 0 Å². The van der Waals surface area contributed by atoms with Gasteiger partial charge in [-0.05, 0) is 18.8 Å². The molecule has 1 unspecified atom stereocenters. The fraction of sp³-hybridized carbons (Fsp3) is 0.800. The Hall–Kier alpha value is -1.44. The van der Waals surface area contributed by atoms with E-state index < -0.39 is 31.1 Å². The average molecular weight is 266 g/mol. The number of rotatable bonds is 8. The SMILES string of the molecule is O=C(NCCOCC(F)F)NC(C(=O)O)C1CC1. The molecule has 1 saturated carbocycles. The second-order valence-corrected chi connectivity index (χ2v) is 4.02. The Kier molecular flexibility index (Phi) is 5.76. The van der Waals surface area contributed by atoms with E-state index in [0.29, 0.717) is 0 Å². The van der Waals surface area contributed by atoms with Gasteiger partial charge in [0, 0.05) is 6.54 Å². The zero-order valence-corrected chi connectivity index (χ0v) is 9.70. The van der Waals surface area contributed by atoms with Crippen molar-refractivity contribution in [3.8, 4) is 0 Å². The summed E-state index contributed by atoms with van der Waals surface area (Å²) in [7, 11) is 0. The second kappa shape index (κ2) is 7.10. The number of carboxylic acid groups (broad SMARTS) is 1. The molecule has 0 aliphatic heterocycles. The first-order valence-electron chi connectivity index (χ1n) is 5.63. The Morgan fingerprint density at radius 3 is 2.56 bits per heavy atom. The minimum Gasteiger partial charge on any atom is -0.480 e. The summed E-state index contributed by atoms with van der Waals surface area (Å²) in [6.07, 6.45) is -0.964. The molecule has 3 N–H and O–H groups in total. The maximum atomic E-state index is 11.7. The highest BCUT2D eigenvalue weighted by Gasteiger charge is 2.37. The van der Waals surface area contributed by atoms with E-state index >= 15 is 0 Å². The molecule has 8 heteroatoms. The summed E-state index contributed by atoms with van der Waals surface area (Å²) >= 11 is 0. The number of carbonyl (C=O) groups is 2. The number of halogens is 2. The first-order valence-corrected chi connectivity index (χ1v) is 5.63. The van der Waals surface area contributed by atoms with Crippen LogP contribution in [-0.4, -0.2) is 49.3 Å². The van der Waals surface area contributed by atoms with Gasteiger partial charge in [-0.25, -0.2) is 18.4 Å². The number of amides is 2. The molecule has 1 fully saturated rings. The van der Waals surface area contributed by atoms with Gasteiger partial charge >= 0.3 is 12.0 Å². The summed E-state index contributed by atoms with van der Waals surface area (Å²) < 4.78 is 27.9. The van der Waals surface area contributed by atoms with Crippen LogP contribution >= 0.6 is 0 Å². The number of urea groups is 1. The van der Waals surface area contributed by atoms with Gasteiger partial charge in [0.05, 0.1) is 6.61 Å². The first-order chi connectivity index (χ1) is 8.50. The van der Waals surface area contributed by atoms with Crippen LogP contribution in [0, 0.1) is 5.92 Å². The highest BCUT2D eigenvalue weighted by Crippen LogP contribution is 2.32. The zero-order chi connectivity index (χ0) is 13.5. The summed E-state index contributed by atoms with van der Waals surface area (Å²) in [6.45, 7) is -0.669. The molecule has 0 heterocycles. The molecule has 104 valence electrons. The quantitative estimate of drug-likeness (QED) is 0.556. The predicted molar refractivity (Wildman–Crippen MR) is 57.5 cm³/mol. The number of hydrogen-bond acceptors (Lipinski definition) is 3. The maximum Gasteiger partial charge on any atom is 0.326 e. The Morgan fingerprint density at radius 2 is 2.06 bits per heavy atom. The largest absolute Gasteiger partial charge is 0.480 e. The number of ether oxygens (including phenoxy) is 1. The minimum absolute atomic E-state index is 0.0108. The lowest BCUT2D eigenvalue weighted by Crippen LogP contribution is -2.47. The molecule has 1 aliphatic carbocycles. The molecule has 18 heavy (non-hydrogen) atoms. The molecule has 0 spiro atoms. The van der Waals surface area contributed by atoms with Crippen molar-refractivity contribution in [3.05, 3.63) is 0 Å². The van der Waals surface area contributed by atoms with E-state index in [0.717, 1.165) is 12.8 Å². The molecular weight excluding hydrogens is 250 g/mol. The van der Waals surface area contributed by atoms with E-state index in [1.54, 1.807) is 0 Å². The van der Waals surface area contributed by atoms with Crippen LogP contribution in [0.5, 0.6) is 0 Å². The van der Waals surface area contributed by atoms with Gasteiger partial charge in [0.2, 0.25) is 0 Å². The number of carbonyl (C=O) groups excluding carboxylic acids is 1. The lowest BCUT2D eigenvalue weighted by atomic mass is 10.2. The molecule has 0 radical (unpaired) electrons. The van der Waals surface area contributed by atoms with Gasteiger partial charge in [-0.2, -0.15) is 0 Å². The van der Waals surface area contributed by atoms with Crippen LogP contribution in [0.15, 0.2) is 0 Å². The van der Waals surface area contributed by atoms with E-state index in [-0.39, 0.29) is 19.1 Å². The predicted octanol–water partition coefficient (Wildman–Crippen LogP) is 0.430. The van der Waals surface area contributed by atoms with Crippen LogP contribution in [-0.2, 0) is 9.53 Å². The Morgan fingerprint density at radius 1 is 1.39 bits per heavy atom. The number of alkyl halides is 2. The lowest BCUT2D eigenvalue weighted by Gasteiger charge is -2.14. The lowest BCUT2D eigenvalue weighted by molar-refractivity contribution is -0.139. The molecular formula is C10H16F2N2O4. The summed E-state index contributed by atoms with van der Waals surface area (Å²) in [5.74, 6) is -1.08. The molecule has 1 aliphatic rings. The van der Waals surface area contributed by atoms with Gasteiger partial charge in [-0.1, -0.05) is 0 Å². The van der Waals surface area contributed by atoms with Crippen molar-refractivity contribution in [2.75, 3.05) is 19.8 Å². The third kappa shape index (κ3) is 5.76. The topological polar surface area (TPSA) is 87.7 Å². The van der Waals surface area contributed by atoms with Crippen molar-refractivity contribution in [2.24, 2.45) is 5.92 Å². The van der Waals surface area contributed by atoms with E-state index in [4.69, 9.17) is 5.11 Å². The summed E-state index contributed by atoms with van der Waals surface area (Å²) in [6, 6.07) is -1.51. The van der Waals surface area contributed by atoms with Crippen molar-refractivity contribution in [3.63, 3.8) is 0 Å². The molecule has 6 nitrogen and oxygen atoms in total. The van der Waals surface area contributed by atoms with Crippen LogP contribution in [0.1, 0.15) is 12.8 Å².